The van der Waals surface area contributed by atoms with Crippen LogP contribution in [0, 0.1) is 0 Å². The van der Waals surface area contributed by atoms with Crippen LogP contribution in [-0.2, 0) is 0 Å². The molecule has 1 aromatic carbocycles. The van der Waals surface area contributed by atoms with Gasteiger partial charge >= 0.3 is 0 Å². The second-order valence-corrected chi connectivity index (χ2v) is 4.89. The Bertz CT molecular complexity index is 268. The predicted octanol–water partition coefficient (Wildman–Crippen LogP) is 5.55. The Morgan fingerprint density at radius 1 is 1.13 bits per heavy atom. The summed E-state index contributed by atoms with van der Waals surface area (Å²) in [5, 5.41) is 1.03. The minimum Gasteiger partial charge on any atom is -0.0853 e. The largest absolute Gasteiger partial charge is 0.0853 e. The first-order chi connectivity index (χ1) is 7.24. The van der Waals surface area contributed by atoms with Crippen LogP contribution in [0.25, 0.3) is 0 Å². The maximum absolute atomic E-state index is 5.83. The maximum Gasteiger partial charge on any atom is 0.0406 e. The topological polar surface area (TPSA) is 0 Å². The fraction of sp³-hybridized carbons (Fsp3) is 0.538. The SMILES string of the molecule is CCCCCCC([S])c1ccc(Cl)cc1. The third kappa shape index (κ3) is 4.94. The average molecular weight is 242 g/mol. The summed E-state index contributed by atoms with van der Waals surface area (Å²) in [7, 11) is 0. The van der Waals surface area contributed by atoms with Gasteiger partial charge in [-0.05, 0) is 24.1 Å². The van der Waals surface area contributed by atoms with Crippen molar-refractivity contribution in [1.29, 1.82) is 0 Å². The van der Waals surface area contributed by atoms with Crippen LogP contribution in [0.4, 0.5) is 0 Å². The molecule has 0 heterocycles. The molecule has 0 saturated heterocycles. The highest BCUT2D eigenvalue weighted by molar-refractivity contribution is 7.80. The summed E-state index contributed by atoms with van der Waals surface area (Å²) in [6, 6.07) is 7.92. The molecule has 0 bridgehead atoms. The molecule has 0 aliphatic heterocycles. The highest BCUT2D eigenvalue weighted by Crippen LogP contribution is 2.27. The molecule has 0 aromatic heterocycles. The monoisotopic (exact) mass is 241 g/mol. The van der Waals surface area contributed by atoms with E-state index in [1.165, 1.54) is 31.2 Å². The van der Waals surface area contributed by atoms with Crippen molar-refractivity contribution in [1.82, 2.24) is 0 Å². The van der Waals surface area contributed by atoms with E-state index in [0.717, 1.165) is 11.4 Å². The molecular formula is C13H18ClS. The molecule has 1 radical (unpaired) electrons. The van der Waals surface area contributed by atoms with Crippen molar-refractivity contribution in [3.63, 3.8) is 0 Å². The number of hydrogen-bond acceptors (Lipinski definition) is 0. The zero-order valence-corrected chi connectivity index (χ0v) is 10.8. The van der Waals surface area contributed by atoms with E-state index in [1.54, 1.807) is 0 Å². The van der Waals surface area contributed by atoms with E-state index >= 15 is 0 Å². The Morgan fingerprint density at radius 2 is 1.80 bits per heavy atom. The first-order valence-corrected chi connectivity index (χ1v) is 6.50. The molecule has 15 heavy (non-hydrogen) atoms. The molecule has 2 heteroatoms. The van der Waals surface area contributed by atoms with E-state index in [0.29, 0.717) is 0 Å². The van der Waals surface area contributed by atoms with Crippen LogP contribution >= 0.6 is 24.2 Å². The molecule has 1 aromatic rings. The number of halogens is 1. The molecule has 0 spiro atoms. The van der Waals surface area contributed by atoms with E-state index in [4.69, 9.17) is 24.2 Å². The van der Waals surface area contributed by atoms with Gasteiger partial charge in [-0.3, -0.25) is 0 Å². The highest BCUT2D eigenvalue weighted by atomic mass is 35.5. The van der Waals surface area contributed by atoms with Crippen molar-refractivity contribution in [3.8, 4) is 0 Å². The van der Waals surface area contributed by atoms with Crippen LogP contribution in [0.15, 0.2) is 24.3 Å². The van der Waals surface area contributed by atoms with Gasteiger partial charge in [-0.25, -0.2) is 0 Å². The summed E-state index contributed by atoms with van der Waals surface area (Å²) < 4.78 is 0. The van der Waals surface area contributed by atoms with Gasteiger partial charge in [-0.15, -0.1) is 0 Å². The molecule has 0 aliphatic carbocycles. The molecule has 0 N–H and O–H groups in total. The van der Waals surface area contributed by atoms with Gasteiger partial charge in [0.05, 0.1) is 0 Å². The van der Waals surface area contributed by atoms with Crippen molar-refractivity contribution in [2.24, 2.45) is 0 Å². The lowest BCUT2D eigenvalue weighted by molar-refractivity contribution is 0.628. The Balaban J connectivity index is 2.33. The number of rotatable bonds is 6. The molecule has 0 saturated carbocycles. The van der Waals surface area contributed by atoms with Gasteiger partial charge in [-0.2, -0.15) is 0 Å². The van der Waals surface area contributed by atoms with Crippen LogP contribution in [0.5, 0.6) is 0 Å². The Morgan fingerprint density at radius 3 is 2.40 bits per heavy atom. The summed E-state index contributed by atoms with van der Waals surface area (Å²) in [5.41, 5.74) is 1.23. The number of hydrogen-bond donors (Lipinski definition) is 0. The molecule has 0 aliphatic rings. The van der Waals surface area contributed by atoms with E-state index < -0.39 is 0 Å². The van der Waals surface area contributed by atoms with Crippen molar-refractivity contribution < 1.29 is 0 Å². The second kappa shape index (κ2) is 7.19. The molecule has 1 unspecified atom stereocenters. The van der Waals surface area contributed by atoms with Crippen molar-refractivity contribution in [2.45, 2.75) is 44.3 Å². The van der Waals surface area contributed by atoms with E-state index in [9.17, 15) is 0 Å². The van der Waals surface area contributed by atoms with Crippen LogP contribution in [0.1, 0.15) is 49.8 Å². The molecule has 0 nitrogen and oxygen atoms in total. The Labute approximate surface area is 103 Å². The summed E-state index contributed by atoms with van der Waals surface area (Å²) in [5.74, 6) is 0. The highest BCUT2D eigenvalue weighted by Gasteiger charge is 2.06. The number of benzene rings is 1. The minimum atomic E-state index is 0.249. The summed E-state index contributed by atoms with van der Waals surface area (Å²) in [6.45, 7) is 2.23. The van der Waals surface area contributed by atoms with Gasteiger partial charge in [0.1, 0.15) is 0 Å². The van der Waals surface area contributed by atoms with Crippen LogP contribution in [-0.4, -0.2) is 0 Å². The molecule has 1 atom stereocenters. The van der Waals surface area contributed by atoms with Gasteiger partial charge in [0.25, 0.3) is 0 Å². The van der Waals surface area contributed by atoms with Crippen LogP contribution in [0.3, 0.4) is 0 Å². The summed E-state index contributed by atoms with van der Waals surface area (Å²) in [4.78, 5) is 0. The van der Waals surface area contributed by atoms with Gasteiger partial charge in [0, 0.05) is 10.3 Å². The molecular weight excluding hydrogens is 224 g/mol. The van der Waals surface area contributed by atoms with Crippen molar-refractivity contribution in [3.05, 3.63) is 34.9 Å². The van der Waals surface area contributed by atoms with Gasteiger partial charge in [0.2, 0.25) is 0 Å². The third-order valence-corrected chi connectivity index (χ3v) is 3.32. The molecule has 1 rings (SSSR count). The van der Waals surface area contributed by atoms with Gasteiger partial charge < -0.3 is 0 Å². The first kappa shape index (κ1) is 12.9. The lowest BCUT2D eigenvalue weighted by atomic mass is 10.1. The van der Waals surface area contributed by atoms with Gasteiger partial charge in [0.15, 0.2) is 0 Å². The molecule has 0 amide bonds. The molecule has 0 fully saturated rings. The normalized spacial score (nSPS) is 12.7. The maximum atomic E-state index is 5.83. The van der Waals surface area contributed by atoms with Crippen molar-refractivity contribution >= 4 is 24.2 Å². The second-order valence-electron chi connectivity index (χ2n) is 3.89. The third-order valence-electron chi connectivity index (χ3n) is 2.56. The summed E-state index contributed by atoms with van der Waals surface area (Å²) >= 11 is 11.3. The van der Waals surface area contributed by atoms with E-state index in [1.807, 2.05) is 24.3 Å². The zero-order valence-electron chi connectivity index (χ0n) is 9.21. The zero-order chi connectivity index (χ0) is 11.1. The Kier molecular flexibility index (Phi) is 6.19. The average Bonchev–Trinajstić information content (AvgIpc) is 2.25. The van der Waals surface area contributed by atoms with E-state index in [-0.39, 0.29) is 5.25 Å². The van der Waals surface area contributed by atoms with E-state index in [2.05, 4.69) is 6.92 Å². The Hall–Kier alpha value is -0.140. The number of unbranched alkanes of at least 4 members (excludes halogenated alkanes) is 3. The minimum absolute atomic E-state index is 0.249. The van der Waals surface area contributed by atoms with Crippen LogP contribution in [0.2, 0.25) is 5.02 Å². The standard InChI is InChI=1S/C13H18ClS/c1-2-3-4-5-6-13(15)11-7-9-12(14)10-8-11/h7-10,13H,2-6H2,1H3. The smallest absolute Gasteiger partial charge is 0.0406 e. The molecule has 83 valence electrons. The lowest BCUT2D eigenvalue weighted by Crippen LogP contribution is -1.90. The van der Waals surface area contributed by atoms with Crippen LogP contribution < -0.4 is 0 Å². The van der Waals surface area contributed by atoms with Crippen molar-refractivity contribution in [2.75, 3.05) is 0 Å². The fourth-order valence-electron chi connectivity index (χ4n) is 1.60. The summed E-state index contributed by atoms with van der Waals surface area (Å²) in [6.07, 6.45) is 6.25. The lowest BCUT2D eigenvalue weighted by Gasteiger charge is -2.09. The predicted molar refractivity (Wildman–Crippen MR) is 70.5 cm³/mol. The fourth-order valence-corrected chi connectivity index (χ4v) is 2.05. The quantitative estimate of drug-likeness (QED) is 0.573. The van der Waals surface area contributed by atoms with Gasteiger partial charge in [-0.1, -0.05) is 69.0 Å². The first-order valence-electron chi connectivity index (χ1n) is 5.65.